The van der Waals surface area contributed by atoms with Crippen LogP contribution in [0.15, 0.2) is 0 Å². The molecule has 0 aliphatic heterocycles. The third kappa shape index (κ3) is 8.18. The van der Waals surface area contributed by atoms with Gasteiger partial charge in [-0.25, -0.2) is 0 Å². The highest BCUT2D eigenvalue weighted by atomic mass is 16.5. The van der Waals surface area contributed by atoms with Crippen LogP contribution in [0, 0.1) is 11.8 Å². The second kappa shape index (κ2) is 10.6. The van der Waals surface area contributed by atoms with Gasteiger partial charge >= 0.3 is 11.9 Å². The zero-order chi connectivity index (χ0) is 18.0. The molecule has 23 heavy (non-hydrogen) atoms. The zero-order valence-electron chi connectivity index (χ0n) is 14.1. The second-order valence-corrected chi connectivity index (χ2v) is 5.41. The van der Waals surface area contributed by atoms with Crippen LogP contribution < -0.4 is 11.1 Å². The lowest BCUT2D eigenvalue weighted by molar-refractivity contribution is -0.157. The molecule has 2 amide bonds. The highest BCUT2D eigenvalue weighted by molar-refractivity contribution is 5.92. The van der Waals surface area contributed by atoms with E-state index >= 15 is 0 Å². The standard InChI is InChI=1S/C15H26N2O6/c1-5-22-12(19)8-10(15(21)23-6-2)13(14(16)20)17-11(18)7-9(3)4/h9-10,13H,5-8H2,1-4H3,(H2,16,20)(H,17,18)/t10-,13-/m1/s1. The second-order valence-electron chi connectivity index (χ2n) is 5.41. The van der Waals surface area contributed by atoms with Gasteiger partial charge in [-0.3, -0.25) is 19.2 Å². The van der Waals surface area contributed by atoms with E-state index in [2.05, 4.69) is 5.32 Å². The number of amides is 2. The number of primary amides is 1. The number of ether oxygens (including phenoxy) is 2. The Hall–Kier alpha value is -2.12. The number of hydrogen-bond donors (Lipinski definition) is 2. The highest BCUT2D eigenvalue weighted by Crippen LogP contribution is 2.14. The van der Waals surface area contributed by atoms with Crippen molar-refractivity contribution in [3.63, 3.8) is 0 Å². The van der Waals surface area contributed by atoms with E-state index in [1.165, 1.54) is 0 Å². The maximum absolute atomic E-state index is 12.0. The minimum atomic E-state index is -1.33. The first kappa shape index (κ1) is 20.9. The first-order chi connectivity index (χ1) is 10.7. The summed E-state index contributed by atoms with van der Waals surface area (Å²) in [6, 6.07) is -1.33. The van der Waals surface area contributed by atoms with Gasteiger partial charge in [0.2, 0.25) is 11.8 Å². The van der Waals surface area contributed by atoms with Crippen molar-refractivity contribution in [2.45, 2.75) is 46.6 Å². The van der Waals surface area contributed by atoms with E-state index in [0.717, 1.165) is 0 Å². The summed E-state index contributed by atoms with van der Waals surface area (Å²) >= 11 is 0. The molecule has 8 nitrogen and oxygen atoms in total. The number of esters is 2. The van der Waals surface area contributed by atoms with Crippen LogP contribution in [-0.2, 0) is 28.7 Å². The molecule has 0 aromatic heterocycles. The van der Waals surface area contributed by atoms with Gasteiger partial charge in [0.25, 0.3) is 0 Å². The van der Waals surface area contributed by atoms with Gasteiger partial charge in [0.1, 0.15) is 6.04 Å². The van der Waals surface area contributed by atoms with Crippen LogP contribution in [0.5, 0.6) is 0 Å². The van der Waals surface area contributed by atoms with Crippen LogP contribution in [-0.4, -0.2) is 43.0 Å². The SMILES string of the molecule is CCOC(=O)C[C@@H](C(=O)OCC)[C@@H](NC(=O)CC(C)C)C(N)=O. The minimum absolute atomic E-state index is 0.0645. The van der Waals surface area contributed by atoms with E-state index in [4.69, 9.17) is 15.2 Å². The summed E-state index contributed by atoms with van der Waals surface area (Å²) in [6.07, 6.45) is -0.235. The van der Waals surface area contributed by atoms with Crippen molar-refractivity contribution >= 4 is 23.8 Å². The monoisotopic (exact) mass is 330 g/mol. The summed E-state index contributed by atoms with van der Waals surface area (Å²) in [5.74, 6) is -3.95. The molecule has 0 aromatic rings. The lowest BCUT2D eigenvalue weighted by Gasteiger charge is -2.24. The number of nitrogens with two attached hydrogens (primary N) is 1. The molecule has 0 radical (unpaired) electrons. The molecule has 0 fully saturated rings. The number of carbonyl (C=O) groups is 4. The van der Waals surface area contributed by atoms with Gasteiger partial charge in [-0.15, -0.1) is 0 Å². The largest absolute Gasteiger partial charge is 0.466 e. The average Bonchev–Trinajstić information content (AvgIpc) is 2.42. The van der Waals surface area contributed by atoms with E-state index in [-0.39, 0.29) is 25.6 Å². The lowest BCUT2D eigenvalue weighted by atomic mass is 9.95. The van der Waals surface area contributed by atoms with Crippen molar-refractivity contribution in [3.05, 3.63) is 0 Å². The van der Waals surface area contributed by atoms with E-state index in [9.17, 15) is 19.2 Å². The Morgan fingerprint density at radius 1 is 1.00 bits per heavy atom. The third-order valence-corrected chi connectivity index (χ3v) is 2.90. The predicted molar refractivity (Wildman–Crippen MR) is 82.0 cm³/mol. The summed E-state index contributed by atoms with van der Waals surface area (Å²) in [7, 11) is 0. The molecular formula is C15H26N2O6. The normalized spacial score (nSPS) is 13.1. The Morgan fingerprint density at radius 2 is 1.57 bits per heavy atom. The van der Waals surface area contributed by atoms with Crippen LogP contribution in [0.2, 0.25) is 0 Å². The van der Waals surface area contributed by atoms with E-state index in [1.54, 1.807) is 13.8 Å². The Balaban J connectivity index is 5.22. The minimum Gasteiger partial charge on any atom is -0.466 e. The summed E-state index contributed by atoms with van der Waals surface area (Å²) < 4.78 is 9.66. The molecule has 0 rings (SSSR count). The molecule has 2 atom stereocenters. The maximum Gasteiger partial charge on any atom is 0.312 e. The molecule has 0 aliphatic carbocycles. The number of nitrogens with one attached hydrogen (secondary N) is 1. The van der Waals surface area contributed by atoms with Crippen LogP contribution in [0.1, 0.15) is 40.5 Å². The molecule has 8 heteroatoms. The van der Waals surface area contributed by atoms with Crippen molar-refractivity contribution in [2.24, 2.45) is 17.6 Å². The molecule has 0 bridgehead atoms. The van der Waals surface area contributed by atoms with Crippen LogP contribution in [0.4, 0.5) is 0 Å². The maximum atomic E-state index is 12.0. The average molecular weight is 330 g/mol. The summed E-state index contributed by atoms with van der Waals surface area (Å²) in [6.45, 7) is 7.09. The molecular weight excluding hydrogens is 304 g/mol. The molecule has 0 saturated heterocycles. The Labute approximate surface area is 136 Å². The summed E-state index contributed by atoms with van der Waals surface area (Å²) in [5, 5.41) is 2.41. The van der Waals surface area contributed by atoms with Crippen molar-refractivity contribution < 1.29 is 28.7 Å². The quantitative estimate of drug-likeness (QED) is 0.549. The van der Waals surface area contributed by atoms with E-state index < -0.39 is 42.1 Å². The van der Waals surface area contributed by atoms with Crippen LogP contribution >= 0.6 is 0 Å². The Kier molecular flexibility index (Phi) is 9.60. The fourth-order valence-electron chi connectivity index (χ4n) is 1.96. The first-order valence-electron chi connectivity index (χ1n) is 7.63. The van der Waals surface area contributed by atoms with Gasteiger partial charge in [-0.2, -0.15) is 0 Å². The predicted octanol–water partition coefficient (Wildman–Crippen LogP) is 0.135. The number of carbonyl (C=O) groups excluding carboxylic acids is 4. The van der Waals surface area contributed by atoms with Crippen molar-refractivity contribution in [3.8, 4) is 0 Å². The lowest BCUT2D eigenvalue weighted by Crippen LogP contribution is -2.52. The van der Waals surface area contributed by atoms with Crippen molar-refractivity contribution in [1.29, 1.82) is 0 Å². The highest BCUT2D eigenvalue weighted by Gasteiger charge is 2.37. The van der Waals surface area contributed by atoms with Gasteiger partial charge < -0.3 is 20.5 Å². The molecule has 132 valence electrons. The smallest absolute Gasteiger partial charge is 0.312 e. The Bertz CT molecular complexity index is 436. The molecule has 0 aliphatic rings. The number of hydrogen-bond acceptors (Lipinski definition) is 6. The van der Waals surface area contributed by atoms with Crippen LogP contribution in [0.3, 0.4) is 0 Å². The van der Waals surface area contributed by atoms with Crippen LogP contribution in [0.25, 0.3) is 0 Å². The number of rotatable bonds is 10. The zero-order valence-corrected chi connectivity index (χ0v) is 14.1. The van der Waals surface area contributed by atoms with Gasteiger partial charge in [-0.1, -0.05) is 13.8 Å². The fraction of sp³-hybridized carbons (Fsp3) is 0.733. The van der Waals surface area contributed by atoms with Crippen molar-refractivity contribution in [1.82, 2.24) is 5.32 Å². The summed E-state index contributed by atoms with van der Waals surface area (Å²) in [4.78, 5) is 47.2. The molecule has 3 N–H and O–H groups in total. The molecule has 0 heterocycles. The van der Waals surface area contributed by atoms with E-state index in [1.807, 2.05) is 13.8 Å². The molecule has 0 unspecified atom stereocenters. The topological polar surface area (TPSA) is 125 Å². The van der Waals surface area contributed by atoms with E-state index in [0.29, 0.717) is 0 Å². The van der Waals surface area contributed by atoms with Gasteiger partial charge in [0, 0.05) is 6.42 Å². The first-order valence-corrected chi connectivity index (χ1v) is 7.63. The van der Waals surface area contributed by atoms with Gasteiger partial charge in [0.05, 0.1) is 25.6 Å². The summed E-state index contributed by atoms with van der Waals surface area (Å²) in [5.41, 5.74) is 5.29. The van der Waals surface area contributed by atoms with Crippen molar-refractivity contribution in [2.75, 3.05) is 13.2 Å². The third-order valence-electron chi connectivity index (χ3n) is 2.90. The van der Waals surface area contributed by atoms with Gasteiger partial charge in [0.15, 0.2) is 0 Å². The molecule has 0 spiro atoms. The molecule has 0 aromatic carbocycles. The van der Waals surface area contributed by atoms with Gasteiger partial charge in [-0.05, 0) is 19.8 Å². The molecule has 0 saturated carbocycles. The fourth-order valence-corrected chi connectivity index (χ4v) is 1.96. The Morgan fingerprint density at radius 3 is 2.00 bits per heavy atom.